The first-order valence-electron chi connectivity index (χ1n) is 2.35. The lowest BCUT2D eigenvalue weighted by atomic mass is 10.7. The van der Waals surface area contributed by atoms with E-state index in [1.54, 1.807) is 0 Å². The normalized spacial score (nSPS) is 10.3. The highest BCUT2D eigenvalue weighted by molar-refractivity contribution is 7.85. The average Bonchev–Trinajstić information content (AvgIpc) is 1.88. The van der Waals surface area contributed by atoms with Crippen LogP contribution in [-0.4, -0.2) is 22.9 Å². The van der Waals surface area contributed by atoms with Crippen LogP contribution in [0.25, 0.3) is 0 Å². The summed E-state index contributed by atoms with van der Waals surface area (Å²) in [5, 5.41) is -0.574. The lowest BCUT2D eigenvalue weighted by Gasteiger charge is -1.89. The van der Waals surface area contributed by atoms with Gasteiger partial charge in [-0.15, -0.1) is 12.4 Å². The van der Waals surface area contributed by atoms with Gasteiger partial charge in [0.1, 0.15) is 0 Å². The summed E-state index contributed by atoms with van der Waals surface area (Å²) in [7, 11) is -4.23. The van der Waals surface area contributed by atoms with Crippen LogP contribution in [0.5, 0.6) is 0 Å². The molecule has 1 aromatic heterocycles. The van der Waals surface area contributed by atoms with Gasteiger partial charge in [0, 0.05) is 12.4 Å². The molecule has 1 rings (SSSR count). The largest absolute Gasteiger partial charge is 0.330 e. The summed E-state index contributed by atoms with van der Waals surface area (Å²) in [5.74, 6) is 0. The third kappa shape index (κ3) is 2.79. The molecule has 0 aliphatic carbocycles. The van der Waals surface area contributed by atoms with E-state index in [-0.39, 0.29) is 12.4 Å². The monoisotopic (exact) mass is 196 g/mol. The van der Waals surface area contributed by atoms with Gasteiger partial charge in [-0.05, 0) is 6.07 Å². The van der Waals surface area contributed by atoms with Crippen molar-refractivity contribution in [2.24, 2.45) is 0 Å². The molecule has 0 aliphatic heterocycles. The minimum atomic E-state index is -4.23. The van der Waals surface area contributed by atoms with Gasteiger partial charge in [0.15, 0.2) is 0 Å². The Labute approximate surface area is 69.7 Å². The molecule has 62 valence electrons. The zero-order valence-corrected chi connectivity index (χ0v) is 6.84. The van der Waals surface area contributed by atoms with Crippen LogP contribution in [-0.2, 0) is 10.1 Å². The van der Waals surface area contributed by atoms with Gasteiger partial charge >= 0.3 is 10.1 Å². The van der Waals surface area contributed by atoms with Gasteiger partial charge < -0.3 is 0 Å². The fraction of sp³-hybridized carbons (Fsp3) is 0. The van der Waals surface area contributed by atoms with Crippen molar-refractivity contribution in [3.8, 4) is 0 Å². The van der Waals surface area contributed by atoms with Crippen LogP contribution in [0.3, 0.4) is 0 Å². The highest BCUT2D eigenvalue weighted by atomic mass is 35.5. The molecule has 0 fully saturated rings. The van der Waals surface area contributed by atoms with Crippen molar-refractivity contribution in [2.45, 2.75) is 5.16 Å². The van der Waals surface area contributed by atoms with Crippen molar-refractivity contribution in [3.05, 3.63) is 18.5 Å². The second-order valence-electron chi connectivity index (χ2n) is 1.51. The summed E-state index contributed by atoms with van der Waals surface area (Å²) >= 11 is 0. The van der Waals surface area contributed by atoms with Gasteiger partial charge in [0.05, 0.1) is 0 Å². The van der Waals surface area contributed by atoms with Crippen LogP contribution in [0.2, 0.25) is 0 Å². The van der Waals surface area contributed by atoms with E-state index in [2.05, 4.69) is 9.97 Å². The molecule has 5 nitrogen and oxygen atoms in total. The third-order valence-electron chi connectivity index (χ3n) is 0.773. The van der Waals surface area contributed by atoms with E-state index in [1.165, 1.54) is 18.5 Å². The van der Waals surface area contributed by atoms with E-state index in [4.69, 9.17) is 4.55 Å². The zero-order valence-electron chi connectivity index (χ0n) is 5.21. The first-order valence-corrected chi connectivity index (χ1v) is 3.79. The minimum Gasteiger partial charge on any atom is -0.279 e. The molecule has 11 heavy (non-hydrogen) atoms. The van der Waals surface area contributed by atoms with Crippen LogP contribution < -0.4 is 0 Å². The number of halogens is 1. The molecule has 0 spiro atoms. The van der Waals surface area contributed by atoms with E-state index >= 15 is 0 Å². The molecule has 1 aromatic rings. The van der Waals surface area contributed by atoms with Gasteiger partial charge in [0.25, 0.3) is 5.16 Å². The SMILES string of the molecule is Cl.O=S(=O)(O)c1ncccn1. The molecule has 0 aliphatic rings. The first kappa shape index (κ1) is 10.3. The van der Waals surface area contributed by atoms with Crippen molar-refractivity contribution in [2.75, 3.05) is 0 Å². The Hall–Kier alpha value is -0.720. The molecule has 7 heteroatoms. The molecule has 0 saturated carbocycles. The molecule has 0 saturated heterocycles. The summed E-state index contributed by atoms with van der Waals surface area (Å²) in [6.07, 6.45) is 2.46. The molecule has 0 aromatic carbocycles. The van der Waals surface area contributed by atoms with Crippen molar-refractivity contribution in [1.82, 2.24) is 9.97 Å². The molecular formula is C4H5ClN2O3S. The van der Waals surface area contributed by atoms with Crippen LogP contribution in [0.15, 0.2) is 23.6 Å². The molecule has 0 bridgehead atoms. The predicted molar refractivity (Wildman–Crippen MR) is 39.1 cm³/mol. The maximum atomic E-state index is 10.3. The summed E-state index contributed by atoms with van der Waals surface area (Å²) in [6.45, 7) is 0. The second kappa shape index (κ2) is 3.61. The average molecular weight is 197 g/mol. The lowest BCUT2D eigenvalue weighted by molar-refractivity contribution is 0.474. The molecule has 0 atom stereocenters. The maximum Gasteiger partial charge on any atom is 0.330 e. The Kier molecular flexibility index (Phi) is 3.37. The Bertz CT molecular complexity index is 311. The lowest BCUT2D eigenvalue weighted by Crippen LogP contribution is -2.02. The van der Waals surface area contributed by atoms with E-state index in [1.807, 2.05) is 0 Å². The smallest absolute Gasteiger partial charge is 0.279 e. The molecule has 1 heterocycles. The van der Waals surface area contributed by atoms with Crippen molar-refractivity contribution in [1.29, 1.82) is 0 Å². The number of hydrogen-bond acceptors (Lipinski definition) is 4. The van der Waals surface area contributed by atoms with E-state index < -0.39 is 15.3 Å². The van der Waals surface area contributed by atoms with E-state index in [9.17, 15) is 8.42 Å². The summed E-state index contributed by atoms with van der Waals surface area (Å²) in [4.78, 5) is 6.60. The summed E-state index contributed by atoms with van der Waals surface area (Å²) in [5.41, 5.74) is 0. The Morgan fingerprint density at radius 3 is 2.00 bits per heavy atom. The van der Waals surface area contributed by atoms with Crippen LogP contribution in [0.1, 0.15) is 0 Å². The summed E-state index contributed by atoms with van der Waals surface area (Å²) in [6, 6.07) is 1.45. The standard InChI is InChI=1S/C4H4N2O3S.ClH/c7-10(8,9)4-5-2-1-3-6-4;/h1-3H,(H,7,8,9);1H. The van der Waals surface area contributed by atoms with E-state index in [0.717, 1.165) is 0 Å². The van der Waals surface area contributed by atoms with Gasteiger partial charge in [-0.2, -0.15) is 8.42 Å². The Morgan fingerprint density at radius 1 is 1.27 bits per heavy atom. The van der Waals surface area contributed by atoms with Gasteiger partial charge in [-0.1, -0.05) is 0 Å². The zero-order chi connectivity index (χ0) is 7.61. The number of hydrogen-bond donors (Lipinski definition) is 1. The Morgan fingerprint density at radius 2 is 1.73 bits per heavy atom. The number of nitrogens with zero attached hydrogens (tertiary/aromatic N) is 2. The van der Waals surface area contributed by atoms with Crippen LogP contribution in [0.4, 0.5) is 0 Å². The van der Waals surface area contributed by atoms with Crippen molar-refractivity contribution in [3.63, 3.8) is 0 Å². The molecular weight excluding hydrogens is 192 g/mol. The van der Waals surface area contributed by atoms with Crippen LogP contribution in [0, 0.1) is 0 Å². The highest BCUT2D eigenvalue weighted by Crippen LogP contribution is 1.95. The van der Waals surface area contributed by atoms with Gasteiger partial charge in [0.2, 0.25) is 0 Å². The fourth-order valence-corrected chi connectivity index (χ4v) is 0.807. The highest BCUT2D eigenvalue weighted by Gasteiger charge is 2.10. The Balaban J connectivity index is 0.000001000. The number of aromatic nitrogens is 2. The van der Waals surface area contributed by atoms with Crippen molar-refractivity contribution < 1.29 is 13.0 Å². The van der Waals surface area contributed by atoms with Gasteiger partial charge in [-0.25, -0.2) is 9.97 Å². The summed E-state index contributed by atoms with van der Waals surface area (Å²) < 4.78 is 28.9. The second-order valence-corrected chi connectivity index (χ2v) is 2.82. The maximum absolute atomic E-state index is 10.3. The molecule has 0 radical (unpaired) electrons. The molecule has 0 unspecified atom stereocenters. The number of rotatable bonds is 1. The predicted octanol–water partition coefficient (Wildman–Crippen LogP) is 0.145. The topological polar surface area (TPSA) is 80.2 Å². The van der Waals surface area contributed by atoms with E-state index in [0.29, 0.717) is 0 Å². The quantitative estimate of drug-likeness (QED) is 0.511. The first-order chi connectivity index (χ1) is 4.61. The van der Waals surface area contributed by atoms with Gasteiger partial charge in [-0.3, -0.25) is 4.55 Å². The fourth-order valence-electron chi connectivity index (χ4n) is 0.419. The van der Waals surface area contributed by atoms with Crippen molar-refractivity contribution >= 4 is 22.5 Å². The third-order valence-corrected chi connectivity index (χ3v) is 1.45. The van der Waals surface area contributed by atoms with Crippen LogP contribution >= 0.6 is 12.4 Å². The molecule has 0 amide bonds. The molecule has 1 N–H and O–H groups in total. The minimum absolute atomic E-state index is 0.